The summed E-state index contributed by atoms with van der Waals surface area (Å²) in [5.41, 5.74) is 2.88. The molecule has 0 saturated carbocycles. The zero-order valence-corrected chi connectivity index (χ0v) is 19.8. The van der Waals surface area contributed by atoms with Crippen molar-refractivity contribution >= 4 is 39.4 Å². The molecule has 9 nitrogen and oxygen atoms in total. The summed E-state index contributed by atoms with van der Waals surface area (Å²) in [5, 5.41) is 8.55. The number of nitrogens with one attached hydrogen (secondary N) is 2. The van der Waals surface area contributed by atoms with Crippen molar-refractivity contribution in [3.05, 3.63) is 76.5 Å². The summed E-state index contributed by atoms with van der Waals surface area (Å²) in [4.78, 5) is 39.8. The number of hydrazine groups is 1. The molecule has 1 aliphatic heterocycles. The molecule has 1 saturated heterocycles. The van der Waals surface area contributed by atoms with Crippen LogP contribution in [-0.2, 0) is 10.3 Å². The first-order valence-corrected chi connectivity index (χ1v) is 11.4. The molecule has 2 aromatic carbocycles. The third-order valence-electron chi connectivity index (χ3n) is 5.89. The highest BCUT2D eigenvalue weighted by atomic mass is 32.1. The number of benzene rings is 2. The third-order valence-corrected chi connectivity index (χ3v) is 7.00. The Morgan fingerprint density at radius 2 is 1.91 bits per heavy atom. The zero-order chi connectivity index (χ0) is 24.9. The van der Waals surface area contributed by atoms with Crippen molar-refractivity contribution < 1.29 is 23.5 Å². The SMILES string of the molecule is COc1cccc([C@@]2(C)NC(=O)N(NC(=O)c3cc4c(C)nn(-c5ccc(F)cc5)c4s3)C2=O)c1. The summed E-state index contributed by atoms with van der Waals surface area (Å²) < 4.78 is 20.2. The van der Waals surface area contributed by atoms with Crippen LogP contribution in [0, 0.1) is 12.7 Å². The fraction of sp³-hybridized carbons (Fsp3) is 0.167. The Morgan fingerprint density at radius 1 is 1.17 bits per heavy atom. The number of aromatic nitrogens is 2. The van der Waals surface area contributed by atoms with E-state index in [0.717, 1.165) is 16.7 Å². The molecule has 3 heterocycles. The molecular weight excluding hydrogens is 473 g/mol. The number of urea groups is 1. The van der Waals surface area contributed by atoms with Gasteiger partial charge >= 0.3 is 6.03 Å². The van der Waals surface area contributed by atoms with Crippen LogP contribution in [0.25, 0.3) is 15.9 Å². The Balaban J connectivity index is 1.42. The highest BCUT2D eigenvalue weighted by Crippen LogP contribution is 2.32. The maximum Gasteiger partial charge on any atom is 0.344 e. The van der Waals surface area contributed by atoms with Gasteiger partial charge in [-0.05, 0) is 61.9 Å². The van der Waals surface area contributed by atoms with Crippen LogP contribution in [0.4, 0.5) is 9.18 Å². The van der Waals surface area contributed by atoms with E-state index in [9.17, 15) is 18.8 Å². The summed E-state index contributed by atoms with van der Waals surface area (Å²) in [7, 11) is 1.50. The molecule has 178 valence electrons. The molecule has 35 heavy (non-hydrogen) atoms. The van der Waals surface area contributed by atoms with Crippen molar-refractivity contribution in [1.29, 1.82) is 0 Å². The van der Waals surface area contributed by atoms with E-state index in [1.54, 1.807) is 61.0 Å². The number of aryl methyl sites for hydroxylation is 1. The molecule has 0 aliphatic carbocycles. The molecule has 0 bridgehead atoms. The fourth-order valence-corrected chi connectivity index (χ4v) is 5.02. The van der Waals surface area contributed by atoms with Gasteiger partial charge < -0.3 is 10.1 Å². The van der Waals surface area contributed by atoms with E-state index in [4.69, 9.17) is 4.74 Å². The van der Waals surface area contributed by atoms with Crippen molar-refractivity contribution in [3.63, 3.8) is 0 Å². The molecule has 0 radical (unpaired) electrons. The first-order chi connectivity index (χ1) is 16.7. The Labute approximate surface area is 203 Å². The lowest BCUT2D eigenvalue weighted by molar-refractivity contribution is -0.132. The lowest BCUT2D eigenvalue weighted by Gasteiger charge is -2.22. The van der Waals surface area contributed by atoms with Crippen LogP contribution < -0.4 is 15.5 Å². The average Bonchev–Trinajstić information content (AvgIpc) is 3.48. The number of ether oxygens (including phenoxy) is 1. The number of rotatable bonds is 5. The maximum atomic E-state index is 13.3. The smallest absolute Gasteiger partial charge is 0.344 e. The minimum atomic E-state index is -1.38. The number of imide groups is 1. The van der Waals surface area contributed by atoms with Crippen LogP contribution >= 0.6 is 11.3 Å². The van der Waals surface area contributed by atoms with Gasteiger partial charge in [-0.1, -0.05) is 12.1 Å². The van der Waals surface area contributed by atoms with Crippen molar-refractivity contribution in [3.8, 4) is 11.4 Å². The lowest BCUT2D eigenvalue weighted by Crippen LogP contribution is -2.47. The van der Waals surface area contributed by atoms with Crippen LogP contribution in [0.2, 0.25) is 0 Å². The highest BCUT2D eigenvalue weighted by Gasteiger charge is 2.50. The monoisotopic (exact) mass is 493 g/mol. The van der Waals surface area contributed by atoms with Gasteiger partial charge in [0.2, 0.25) is 0 Å². The molecule has 5 rings (SSSR count). The second-order valence-corrected chi connectivity index (χ2v) is 9.20. The number of hydrogen-bond acceptors (Lipinski definition) is 6. The van der Waals surface area contributed by atoms with E-state index in [1.165, 1.54) is 19.2 Å². The fourth-order valence-electron chi connectivity index (χ4n) is 3.94. The lowest BCUT2D eigenvalue weighted by atomic mass is 9.92. The highest BCUT2D eigenvalue weighted by molar-refractivity contribution is 7.20. The normalized spacial score (nSPS) is 17.7. The molecule has 4 aromatic rings. The Kier molecular flexibility index (Phi) is 5.28. The number of hydrogen-bond donors (Lipinski definition) is 2. The molecule has 2 N–H and O–H groups in total. The molecule has 1 fully saturated rings. The van der Waals surface area contributed by atoms with E-state index in [-0.39, 0.29) is 10.7 Å². The maximum absolute atomic E-state index is 13.3. The number of thiophene rings is 1. The van der Waals surface area contributed by atoms with Gasteiger partial charge in [-0.2, -0.15) is 10.1 Å². The van der Waals surface area contributed by atoms with Crippen LogP contribution in [0.1, 0.15) is 27.9 Å². The van der Waals surface area contributed by atoms with E-state index in [2.05, 4.69) is 15.8 Å². The van der Waals surface area contributed by atoms with Crippen molar-refractivity contribution in [1.82, 2.24) is 25.5 Å². The molecule has 11 heteroatoms. The molecule has 0 spiro atoms. The van der Waals surface area contributed by atoms with Gasteiger partial charge in [-0.3, -0.25) is 15.0 Å². The minimum Gasteiger partial charge on any atom is -0.497 e. The summed E-state index contributed by atoms with van der Waals surface area (Å²) in [6, 6.07) is 13.5. The molecular formula is C24H20FN5O4S. The summed E-state index contributed by atoms with van der Waals surface area (Å²) in [6.45, 7) is 3.36. The van der Waals surface area contributed by atoms with Gasteiger partial charge in [-0.25, -0.2) is 13.9 Å². The zero-order valence-electron chi connectivity index (χ0n) is 19.0. The number of nitrogens with zero attached hydrogens (tertiary/aromatic N) is 3. The first kappa shape index (κ1) is 22.5. The van der Waals surface area contributed by atoms with Crippen LogP contribution in [0.15, 0.2) is 54.6 Å². The minimum absolute atomic E-state index is 0.284. The van der Waals surface area contributed by atoms with Crippen LogP contribution in [-0.4, -0.2) is 39.7 Å². The van der Waals surface area contributed by atoms with E-state index < -0.39 is 23.4 Å². The number of methoxy groups -OCH3 is 1. The van der Waals surface area contributed by atoms with E-state index in [1.807, 2.05) is 0 Å². The van der Waals surface area contributed by atoms with E-state index >= 15 is 0 Å². The van der Waals surface area contributed by atoms with Crippen molar-refractivity contribution in [2.24, 2.45) is 0 Å². The number of halogens is 1. The number of fused-ring (bicyclic) bond motifs is 1. The number of carbonyl (C=O) groups excluding carboxylic acids is 3. The predicted molar refractivity (Wildman–Crippen MR) is 127 cm³/mol. The molecule has 0 unspecified atom stereocenters. The third kappa shape index (κ3) is 3.69. The summed E-state index contributed by atoms with van der Waals surface area (Å²) in [5.74, 6) is -1.08. The van der Waals surface area contributed by atoms with Gasteiger partial charge in [0.05, 0.1) is 23.4 Å². The Morgan fingerprint density at radius 3 is 2.63 bits per heavy atom. The van der Waals surface area contributed by atoms with Crippen molar-refractivity contribution in [2.45, 2.75) is 19.4 Å². The molecule has 4 amide bonds. The van der Waals surface area contributed by atoms with Gasteiger partial charge in [-0.15, -0.1) is 11.3 Å². The Hall–Kier alpha value is -4.25. The van der Waals surface area contributed by atoms with Crippen molar-refractivity contribution in [2.75, 3.05) is 7.11 Å². The van der Waals surface area contributed by atoms with Crippen LogP contribution in [0.3, 0.4) is 0 Å². The Bertz CT molecular complexity index is 1500. The summed E-state index contributed by atoms with van der Waals surface area (Å²) >= 11 is 1.15. The van der Waals surface area contributed by atoms with Gasteiger partial charge in [0.15, 0.2) is 0 Å². The van der Waals surface area contributed by atoms with E-state index in [0.29, 0.717) is 32.5 Å². The summed E-state index contributed by atoms with van der Waals surface area (Å²) in [6.07, 6.45) is 0. The second kappa shape index (κ2) is 8.20. The standard InChI is InChI=1S/C24H20FN5O4S/c1-13-18-12-19(35-21(18)29(27-13)16-9-7-15(25)8-10-16)20(31)28-30-22(32)24(2,26-23(30)33)14-5-4-6-17(11-14)34-3/h4-12H,1-3H3,(H,26,33)(H,28,31)/t24-/m1/s1. The van der Waals surface area contributed by atoms with Gasteiger partial charge in [0.25, 0.3) is 11.8 Å². The molecule has 1 atom stereocenters. The van der Waals surface area contributed by atoms with Gasteiger partial charge in [0, 0.05) is 5.39 Å². The average molecular weight is 494 g/mol. The van der Waals surface area contributed by atoms with Crippen LogP contribution in [0.5, 0.6) is 5.75 Å². The number of carbonyl (C=O) groups is 3. The largest absolute Gasteiger partial charge is 0.497 e. The second-order valence-electron chi connectivity index (χ2n) is 8.17. The predicted octanol–water partition coefficient (Wildman–Crippen LogP) is 3.66. The number of amides is 4. The first-order valence-electron chi connectivity index (χ1n) is 10.6. The molecule has 1 aliphatic rings. The van der Waals surface area contributed by atoms with Gasteiger partial charge in [0.1, 0.15) is 21.9 Å². The molecule has 2 aromatic heterocycles. The topological polar surface area (TPSA) is 106 Å². The quantitative estimate of drug-likeness (QED) is 0.413.